The standard InChI is InChI=1S/C16H24ClN/c1-12-8-9-13(2)14(10-12)11-18(3)16-7-5-4-6-15(16)17/h8-10,15-16H,4-7,11H2,1-3H3. The summed E-state index contributed by atoms with van der Waals surface area (Å²) in [5, 5.41) is 0.328. The van der Waals surface area contributed by atoms with Crippen LogP contribution in [-0.2, 0) is 6.54 Å². The van der Waals surface area contributed by atoms with Crippen LogP contribution in [0, 0.1) is 13.8 Å². The SMILES string of the molecule is Cc1ccc(C)c(CN(C)C2CCCCC2Cl)c1. The molecule has 1 nitrogen and oxygen atoms in total. The van der Waals surface area contributed by atoms with E-state index in [0.29, 0.717) is 11.4 Å². The average molecular weight is 266 g/mol. The lowest BCUT2D eigenvalue weighted by molar-refractivity contribution is 0.188. The summed E-state index contributed by atoms with van der Waals surface area (Å²) in [6.45, 7) is 5.37. The maximum absolute atomic E-state index is 6.47. The van der Waals surface area contributed by atoms with Crippen LogP contribution in [0.25, 0.3) is 0 Å². The zero-order chi connectivity index (χ0) is 13.1. The van der Waals surface area contributed by atoms with Gasteiger partial charge in [-0.3, -0.25) is 4.90 Å². The molecule has 1 aliphatic carbocycles. The number of hydrogen-bond donors (Lipinski definition) is 0. The molecular weight excluding hydrogens is 242 g/mol. The molecule has 0 aliphatic heterocycles. The third-order valence-corrected chi connectivity index (χ3v) is 4.65. The Morgan fingerprint density at radius 2 is 1.94 bits per heavy atom. The first-order valence-corrected chi connectivity index (χ1v) is 7.42. The summed E-state index contributed by atoms with van der Waals surface area (Å²) >= 11 is 6.47. The Balaban J connectivity index is 2.05. The van der Waals surface area contributed by atoms with E-state index < -0.39 is 0 Å². The van der Waals surface area contributed by atoms with Crippen LogP contribution in [-0.4, -0.2) is 23.4 Å². The van der Waals surface area contributed by atoms with Crippen LogP contribution in [0.1, 0.15) is 42.4 Å². The summed E-state index contributed by atoms with van der Waals surface area (Å²) in [5.41, 5.74) is 4.16. The van der Waals surface area contributed by atoms with E-state index in [9.17, 15) is 0 Å². The summed E-state index contributed by atoms with van der Waals surface area (Å²) in [6, 6.07) is 7.25. The summed E-state index contributed by atoms with van der Waals surface area (Å²) in [5.74, 6) is 0. The molecule has 0 heterocycles. The van der Waals surface area contributed by atoms with Gasteiger partial charge in [-0.2, -0.15) is 0 Å². The van der Waals surface area contributed by atoms with Crippen molar-refractivity contribution in [3.05, 3.63) is 34.9 Å². The van der Waals surface area contributed by atoms with Gasteiger partial charge in [0.25, 0.3) is 0 Å². The molecule has 0 bridgehead atoms. The Morgan fingerprint density at radius 3 is 2.67 bits per heavy atom. The maximum Gasteiger partial charge on any atom is 0.0491 e. The number of aryl methyl sites for hydroxylation is 2. The van der Waals surface area contributed by atoms with Gasteiger partial charge < -0.3 is 0 Å². The molecule has 0 spiro atoms. The van der Waals surface area contributed by atoms with Crippen LogP contribution >= 0.6 is 11.6 Å². The molecular formula is C16H24ClN. The number of rotatable bonds is 3. The number of halogens is 1. The molecule has 2 unspecified atom stereocenters. The third-order valence-electron chi connectivity index (χ3n) is 4.14. The number of benzene rings is 1. The third kappa shape index (κ3) is 3.27. The summed E-state index contributed by atoms with van der Waals surface area (Å²) in [7, 11) is 2.22. The van der Waals surface area contributed by atoms with Crippen molar-refractivity contribution < 1.29 is 0 Å². The average Bonchev–Trinajstić information content (AvgIpc) is 2.34. The summed E-state index contributed by atoms with van der Waals surface area (Å²) < 4.78 is 0. The highest BCUT2D eigenvalue weighted by molar-refractivity contribution is 6.21. The minimum Gasteiger partial charge on any atom is -0.298 e. The molecule has 1 aromatic carbocycles. The monoisotopic (exact) mass is 265 g/mol. The number of alkyl halides is 1. The molecule has 1 aliphatic rings. The van der Waals surface area contributed by atoms with Crippen LogP contribution in [0.4, 0.5) is 0 Å². The quantitative estimate of drug-likeness (QED) is 0.737. The highest BCUT2D eigenvalue weighted by Gasteiger charge is 2.26. The molecule has 0 amide bonds. The first-order valence-electron chi connectivity index (χ1n) is 6.98. The Labute approximate surface area is 116 Å². The van der Waals surface area contributed by atoms with Crippen LogP contribution in [0.2, 0.25) is 0 Å². The molecule has 0 saturated heterocycles. The van der Waals surface area contributed by atoms with Crippen LogP contribution in [0.5, 0.6) is 0 Å². The molecule has 0 aromatic heterocycles. The summed E-state index contributed by atoms with van der Waals surface area (Å²) in [4.78, 5) is 2.44. The molecule has 1 aromatic rings. The lowest BCUT2D eigenvalue weighted by Gasteiger charge is -2.35. The van der Waals surface area contributed by atoms with Crippen molar-refractivity contribution >= 4 is 11.6 Å². The topological polar surface area (TPSA) is 3.24 Å². The van der Waals surface area contributed by atoms with Crippen molar-refractivity contribution in [3.63, 3.8) is 0 Å². The molecule has 2 atom stereocenters. The second kappa shape index (κ2) is 6.08. The molecule has 100 valence electrons. The van der Waals surface area contributed by atoms with E-state index in [1.54, 1.807) is 0 Å². The predicted molar refractivity (Wildman–Crippen MR) is 79.3 cm³/mol. The van der Waals surface area contributed by atoms with Gasteiger partial charge in [0.2, 0.25) is 0 Å². The molecule has 0 N–H and O–H groups in total. The molecule has 2 heteroatoms. The molecule has 1 fully saturated rings. The normalized spacial score (nSPS) is 24.5. The lowest BCUT2D eigenvalue weighted by Crippen LogP contribution is -2.40. The van der Waals surface area contributed by atoms with Crippen molar-refractivity contribution in [2.24, 2.45) is 0 Å². The van der Waals surface area contributed by atoms with E-state index in [1.807, 2.05) is 0 Å². The number of nitrogens with zero attached hydrogens (tertiary/aromatic N) is 1. The van der Waals surface area contributed by atoms with Gasteiger partial charge in [-0.1, -0.05) is 36.6 Å². The zero-order valence-corrected chi connectivity index (χ0v) is 12.5. The van der Waals surface area contributed by atoms with Gasteiger partial charge in [-0.05, 0) is 44.9 Å². The van der Waals surface area contributed by atoms with Gasteiger partial charge in [0.15, 0.2) is 0 Å². The molecule has 2 rings (SSSR count). The Bertz CT molecular complexity index is 402. The predicted octanol–water partition coefficient (Wildman–Crippen LogP) is 4.29. The second-order valence-corrected chi connectivity index (χ2v) is 6.27. The fourth-order valence-corrected chi connectivity index (χ4v) is 3.39. The van der Waals surface area contributed by atoms with Crippen molar-refractivity contribution in [1.82, 2.24) is 4.90 Å². The van der Waals surface area contributed by atoms with E-state index in [4.69, 9.17) is 11.6 Å². The largest absolute Gasteiger partial charge is 0.298 e. The molecule has 18 heavy (non-hydrogen) atoms. The smallest absolute Gasteiger partial charge is 0.0491 e. The minimum atomic E-state index is 0.328. The van der Waals surface area contributed by atoms with Crippen molar-refractivity contribution in [3.8, 4) is 0 Å². The Kier molecular flexibility index (Phi) is 4.69. The van der Waals surface area contributed by atoms with Crippen molar-refractivity contribution in [2.75, 3.05) is 7.05 Å². The molecule has 1 saturated carbocycles. The van der Waals surface area contributed by atoms with Crippen LogP contribution in [0.15, 0.2) is 18.2 Å². The highest BCUT2D eigenvalue weighted by Crippen LogP contribution is 2.27. The molecule has 0 radical (unpaired) electrons. The fraction of sp³-hybridized carbons (Fsp3) is 0.625. The minimum absolute atomic E-state index is 0.328. The van der Waals surface area contributed by atoms with Gasteiger partial charge in [0, 0.05) is 18.0 Å². The van der Waals surface area contributed by atoms with E-state index in [2.05, 4.69) is 44.0 Å². The Morgan fingerprint density at radius 1 is 1.22 bits per heavy atom. The van der Waals surface area contributed by atoms with E-state index in [-0.39, 0.29) is 0 Å². The first kappa shape index (κ1) is 13.9. The van der Waals surface area contributed by atoms with Gasteiger partial charge in [-0.15, -0.1) is 11.6 Å². The van der Waals surface area contributed by atoms with E-state index >= 15 is 0 Å². The van der Waals surface area contributed by atoms with Crippen molar-refractivity contribution in [2.45, 2.75) is 57.5 Å². The second-order valence-electron chi connectivity index (χ2n) is 5.71. The fourth-order valence-electron chi connectivity index (χ4n) is 2.92. The Hall–Kier alpha value is -0.530. The van der Waals surface area contributed by atoms with Gasteiger partial charge in [0.1, 0.15) is 0 Å². The van der Waals surface area contributed by atoms with Crippen LogP contribution in [0.3, 0.4) is 0 Å². The van der Waals surface area contributed by atoms with E-state index in [0.717, 1.165) is 6.54 Å². The van der Waals surface area contributed by atoms with E-state index in [1.165, 1.54) is 42.4 Å². The lowest BCUT2D eigenvalue weighted by atomic mass is 9.93. The van der Waals surface area contributed by atoms with Gasteiger partial charge in [0.05, 0.1) is 0 Å². The van der Waals surface area contributed by atoms with Crippen molar-refractivity contribution in [1.29, 1.82) is 0 Å². The van der Waals surface area contributed by atoms with Gasteiger partial charge in [-0.25, -0.2) is 0 Å². The zero-order valence-electron chi connectivity index (χ0n) is 11.7. The first-order chi connectivity index (χ1) is 8.58. The summed E-state index contributed by atoms with van der Waals surface area (Å²) in [6.07, 6.45) is 5.03. The van der Waals surface area contributed by atoms with Crippen LogP contribution < -0.4 is 0 Å². The van der Waals surface area contributed by atoms with Gasteiger partial charge >= 0.3 is 0 Å². The highest BCUT2D eigenvalue weighted by atomic mass is 35.5. The maximum atomic E-state index is 6.47. The number of hydrogen-bond acceptors (Lipinski definition) is 1.